The monoisotopic (exact) mass is 518 g/mol. The first kappa shape index (κ1) is 30.5. The van der Waals surface area contributed by atoms with E-state index in [4.69, 9.17) is 9.47 Å². The van der Waals surface area contributed by atoms with Gasteiger partial charge in [0.2, 0.25) is 0 Å². The summed E-state index contributed by atoms with van der Waals surface area (Å²) in [6, 6.07) is 0. The molecule has 5 saturated carbocycles. The van der Waals surface area contributed by atoms with Crippen molar-refractivity contribution in [3.8, 4) is 0 Å². The molecule has 5 aliphatic rings. The molecule has 0 aliphatic heterocycles. The molecule has 0 N–H and O–H groups in total. The van der Waals surface area contributed by atoms with E-state index in [2.05, 4.69) is 27.7 Å². The first-order chi connectivity index (χ1) is 17.2. The van der Waals surface area contributed by atoms with Crippen LogP contribution in [0.3, 0.4) is 0 Å². The van der Waals surface area contributed by atoms with Crippen LogP contribution in [0, 0.1) is 34.0 Å². The first-order valence-electron chi connectivity index (χ1n) is 15.7. The van der Waals surface area contributed by atoms with Gasteiger partial charge in [-0.1, -0.05) is 27.7 Å². The maximum absolute atomic E-state index is 12.7. The Hall–Kier alpha value is -1.06. The minimum Gasteiger partial charge on any atom is -0.459 e. The molecular weight excluding hydrogens is 460 g/mol. The summed E-state index contributed by atoms with van der Waals surface area (Å²) >= 11 is 0. The topological polar surface area (TPSA) is 52.6 Å². The van der Waals surface area contributed by atoms with Gasteiger partial charge in [-0.25, -0.2) is 0 Å². The van der Waals surface area contributed by atoms with Crippen LogP contribution in [0.5, 0.6) is 0 Å². The zero-order valence-electron chi connectivity index (χ0n) is 25.8. The Bertz CT molecular complexity index is 768. The molecule has 0 spiro atoms. The van der Waals surface area contributed by atoms with E-state index in [9.17, 15) is 9.59 Å². The van der Waals surface area contributed by atoms with Crippen LogP contribution in [0.15, 0.2) is 0 Å². The molecular formula is C33H58O4. The Kier molecular flexibility index (Phi) is 9.23. The molecule has 4 bridgehead atoms. The summed E-state index contributed by atoms with van der Waals surface area (Å²) in [5.41, 5.74) is -0.838. The van der Waals surface area contributed by atoms with Crippen LogP contribution in [0.4, 0.5) is 0 Å². The molecule has 0 heterocycles. The van der Waals surface area contributed by atoms with E-state index in [1.165, 1.54) is 51.4 Å². The van der Waals surface area contributed by atoms with Gasteiger partial charge < -0.3 is 9.47 Å². The van der Waals surface area contributed by atoms with Gasteiger partial charge in [-0.3, -0.25) is 9.59 Å². The second kappa shape index (κ2) is 11.2. The summed E-state index contributed by atoms with van der Waals surface area (Å²) in [4.78, 5) is 24.7. The fourth-order valence-electron chi connectivity index (χ4n) is 7.83. The summed E-state index contributed by atoms with van der Waals surface area (Å²) in [7, 11) is 0. The molecule has 5 fully saturated rings. The van der Waals surface area contributed by atoms with Gasteiger partial charge in [0, 0.05) is 5.41 Å². The number of hydrogen-bond donors (Lipinski definition) is 0. The lowest BCUT2D eigenvalue weighted by Crippen LogP contribution is -2.59. The van der Waals surface area contributed by atoms with Crippen LogP contribution in [0.25, 0.3) is 0 Å². The molecule has 5 rings (SSSR count). The summed E-state index contributed by atoms with van der Waals surface area (Å²) in [6.45, 7) is 18.7. The van der Waals surface area contributed by atoms with E-state index >= 15 is 0 Å². The fourth-order valence-corrected chi connectivity index (χ4v) is 7.83. The largest absolute Gasteiger partial charge is 0.459 e. The average molecular weight is 519 g/mol. The third-order valence-corrected chi connectivity index (χ3v) is 11.5. The summed E-state index contributed by atoms with van der Waals surface area (Å²) in [6.07, 6.45) is 16.3. The molecule has 0 saturated heterocycles. The van der Waals surface area contributed by atoms with Crippen LogP contribution in [0.1, 0.15) is 152 Å². The van der Waals surface area contributed by atoms with Crippen molar-refractivity contribution < 1.29 is 19.1 Å². The van der Waals surface area contributed by atoms with Gasteiger partial charge in [-0.15, -0.1) is 0 Å². The van der Waals surface area contributed by atoms with Crippen molar-refractivity contribution >= 4 is 11.9 Å². The number of hydrogen-bond acceptors (Lipinski definition) is 4. The van der Waals surface area contributed by atoms with Crippen molar-refractivity contribution in [2.24, 2.45) is 34.0 Å². The lowest BCUT2D eigenvalue weighted by Gasteiger charge is -2.62. The van der Waals surface area contributed by atoms with Crippen LogP contribution in [0.2, 0.25) is 0 Å². The molecule has 1 atom stereocenters. The highest BCUT2D eigenvalue weighted by Crippen LogP contribution is 2.65. The van der Waals surface area contributed by atoms with Crippen molar-refractivity contribution in [3.63, 3.8) is 0 Å². The highest BCUT2D eigenvalue weighted by molar-refractivity contribution is 5.76. The summed E-state index contributed by atoms with van der Waals surface area (Å²) in [5.74, 6) is 2.68. The first-order valence-corrected chi connectivity index (χ1v) is 15.7. The lowest BCUT2D eigenvalue weighted by atomic mass is 9.45. The van der Waals surface area contributed by atoms with Gasteiger partial charge in [-0.2, -0.15) is 0 Å². The Morgan fingerprint density at radius 1 is 0.703 bits per heavy atom. The zero-order valence-corrected chi connectivity index (χ0v) is 25.8. The SMILES string of the molecule is CCC(C)(C)C(=O)OC(C)(CC)C12CC3CC(CC(C3)C1)C2.CCC1(OC(=O)C(C)(C)CC)CCCC1. The summed E-state index contributed by atoms with van der Waals surface area (Å²) < 4.78 is 12.1. The van der Waals surface area contributed by atoms with E-state index in [1.54, 1.807) is 0 Å². The molecule has 1 unspecified atom stereocenters. The van der Waals surface area contributed by atoms with Crippen LogP contribution in [-0.4, -0.2) is 23.1 Å². The molecule has 0 aromatic carbocycles. The van der Waals surface area contributed by atoms with Crippen molar-refractivity contribution in [2.45, 2.75) is 163 Å². The van der Waals surface area contributed by atoms with E-state index in [1.807, 2.05) is 34.6 Å². The van der Waals surface area contributed by atoms with Crippen LogP contribution < -0.4 is 0 Å². The smallest absolute Gasteiger partial charge is 0.312 e. The second-order valence-corrected chi connectivity index (χ2v) is 14.8. The quantitative estimate of drug-likeness (QED) is 0.286. The number of ether oxygens (including phenoxy) is 2. The zero-order chi connectivity index (χ0) is 27.7. The Balaban J connectivity index is 0.000000222. The highest BCUT2D eigenvalue weighted by Gasteiger charge is 2.60. The standard InChI is InChI=1S/C20H34O2.C13H24O2/c1-6-18(3,4)17(21)22-19(5,7-2)20-11-14-8-15(12-20)10-16(9-14)13-20;1-5-12(3,4)11(14)15-13(6-2)9-7-8-10-13/h14-16H,6-13H2,1-5H3;5-10H2,1-4H3. The van der Waals surface area contributed by atoms with E-state index in [-0.39, 0.29) is 39.4 Å². The van der Waals surface area contributed by atoms with Crippen molar-refractivity contribution in [3.05, 3.63) is 0 Å². The average Bonchev–Trinajstić information content (AvgIpc) is 3.32. The van der Waals surface area contributed by atoms with E-state index in [0.29, 0.717) is 0 Å². The van der Waals surface area contributed by atoms with Gasteiger partial charge in [0.25, 0.3) is 0 Å². The maximum Gasteiger partial charge on any atom is 0.312 e. The van der Waals surface area contributed by atoms with Gasteiger partial charge in [0.15, 0.2) is 0 Å². The van der Waals surface area contributed by atoms with Gasteiger partial charge in [0.05, 0.1) is 10.8 Å². The normalized spacial score (nSPS) is 31.8. The fraction of sp³-hybridized carbons (Fsp3) is 0.939. The van der Waals surface area contributed by atoms with Crippen molar-refractivity contribution in [1.82, 2.24) is 0 Å². The number of rotatable bonds is 9. The summed E-state index contributed by atoms with van der Waals surface area (Å²) in [5, 5.41) is 0. The molecule has 0 aromatic rings. The molecule has 214 valence electrons. The predicted molar refractivity (Wildman–Crippen MR) is 151 cm³/mol. The maximum atomic E-state index is 12.7. The number of esters is 2. The third kappa shape index (κ3) is 6.24. The van der Waals surface area contributed by atoms with E-state index in [0.717, 1.165) is 56.3 Å². The minimum atomic E-state index is -0.362. The third-order valence-electron chi connectivity index (χ3n) is 11.5. The second-order valence-electron chi connectivity index (χ2n) is 14.8. The minimum absolute atomic E-state index is 0.00935. The molecule has 5 aliphatic carbocycles. The Labute approximate surface area is 228 Å². The number of carbonyl (C=O) groups is 2. The van der Waals surface area contributed by atoms with Crippen LogP contribution >= 0.6 is 0 Å². The molecule has 37 heavy (non-hydrogen) atoms. The van der Waals surface area contributed by atoms with Crippen LogP contribution in [-0.2, 0) is 19.1 Å². The van der Waals surface area contributed by atoms with E-state index < -0.39 is 0 Å². The molecule has 4 heteroatoms. The van der Waals surface area contributed by atoms with Gasteiger partial charge in [-0.05, 0) is 142 Å². The highest BCUT2D eigenvalue weighted by atomic mass is 16.6. The molecule has 0 amide bonds. The number of carbonyl (C=O) groups excluding carboxylic acids is 2. The molecule has 0 radical (unpaired) electrons. The van der Waals surface area contributed by atoms with Gasteiger partial charge >= 0.3 is 11.9 Å². The molecule has 4 nitrogen and oxygen atoms in total. The van der Waals surface area contributed by atoms with Crippen molar-refractivity contribution in [1.29, 1.82) is 0 Å². The molecule has 0 aromatic heterocycles. The van der Waals surface area contributed by atoms with Gasteiger partial charge in [0.1, 0.15) is 11.2 Å². The lowest BCUT2D eigenvalue weighted by molar-refractivity contribution is -0.212. The Morgan fingerprint density at radius 3 is 1.51 bits per heavy atom. The van der Waals surface area contributed by atoms with Crippen molar-refractivity contribution in [2.75, 3.05) is 0 Å². The Morgan fingerprint density at radius 2 is 1.14 bits per heavy atom. The predicted octanol–water partition coefficient (Wildman–Crippen LogP) is 9.04.